The maximum atomic E-state index is 12.5. The Kier molecular flexibility index (Phi) is 6.60. The van der Waals surface area contributed by atoms with Crippen LogP contribution in [-0.2, 0) is 16.8 Å². The van der Waals surface area contributed by atoms with Crippen LogP contribution < -0.4 is 0 Å². The van der Waals surface area contributed by atoms with E-state index < -0.39 is 17.4 Å². The fourth-order valence-electron chi connectivity index (χ4n) is 4.09. The fraction of sp³-hybridized carbons (Fsp3) is 0.292. The fourth-order valence-corrected chi connectivity index (χ4v) is 4.22. The molecule has 2 aromatic carbocycles. The van der Waals surface area contributed by atoms with Crippen LogP contribution in [0.15, 0.2) is 52.9 Å². The minimum Gasteiger partial charge on any atom is -0.480 e. The first-order valence-corrected chi connectivity index (χ1v) is 11.1. The molecule has 2 amide bonds. The van der Waals surface area contributed by atoms with Gasteiger partial charge in [0.1, 0.15) is 11.1 Å². The second-order valence-corrected chi connectivity index (χ2v) is 8.68. The second-order valence-electron chi connectivity index (χ2n) is 8.24. The first kappa shape index (κ1) is 23.7. The van der Waals surface area contributed by atoms with Gasteiger partial charge in [-0.15, -0.1) is 0 Å². The molecule has 0 aliphatic carbocycles. The Morgan fingerprint density at radius 1 is 1.09 bits per heavy atom. The predicted molar refractivity (Wildman–Crippen MR) is 123 cm³/mol. The van der Waals surface area contributed by atoms with E-state index in [4.69, 9.17) is 16.0 Å². The van der Waals surface area contributed by atoms with Crippen molar-refractivity contribution in [2.24, 2.45) is 0 Å². The van der Waals surface area contributed by atoms with E-state index in [0.29, 0.717) is 32.7 Å². The van der Waals surface area contributed by atoms with Gasteiger partial charge in [0, 0.05) is 36.3 Å². The number of rotatable bonds is 5. The molecular formula is C24H24ClN3O6. The normalized spacial score (nSPS) is 15.2. The lowest BCUT2D eigenvalue weighted by Crippen LogP contribution is -2.51. The van der Waals surface area contributed by atoms with E-state index in [-0.39, 0.29) is 38.4 Å². The summed E-state index contributed by atoms with van der Waals surface area (Å²) in [6, 6.07) is 13.5. The van der Waals surface area contributed by atoms with Crippen molar-refractivity contribution in [3.63, 3.8) is 0 Å². The molecule has 1 fully saturated rings. The summed E-state index contributed by atoms with van der Waals surface area (Å²) in [6.45, 7) is 0.136. The molecule has 3 N–H and O–H groups in total. The molecule has 0 saturated carbocycles. The molecule has 0 radical (unpaired) electrons. The van der Waals surface area contributed by atoms with E-state index in [0.717, 1.165) is 5.56 Å². The number of hydrogen-bond acceptors (Lipinski definition) is 6. The number of carbonyl (C=O) groups excluding carboxylic acids is 1. The van der Waals surface area contributed by atoms with Gasteiger partial charge in [-0.25, -0.2) is 14.8 Å². The van der Waals surface area contributed by atoms with E-state index >= 15 is 0 Å². The average molecular weight is 486 g/mol. The van der Waals surface area contributed by atoms with Crippen molar-refractivity contribution in [3.8, 4) is 22.6 Å². The quantitative estimate of drug-likeness (QED) is 0.368. The molecule has 0 unspecified atom stereocenters. The van der Waals surface area contributed by atoms with E-state index in [1.165, 1.54) is 11.9 Å². The zero-order chi connectivity index (χ0) is 24.5. The standard InChI is InChI=1S/C24H24ClN3O6/c1-27(33)23(32)28-12-10-24(11-13-28,22(30)31)21-26-19(16-6-8-18(25)9-7-16)20(34-21)17-4-2-15(14-29)3-5-17/h2-9,29,33H,10-14H2,1H3,(H,30,31). The number of carboxylic acids is 1. The number of piperidine rings is 1. The summed E-state index contributed by atoms with van der Waals surface area (Å²) in [5.41, 5.74) is 1.14. The topological polar surface area (TPSA) is 127 Å². The Hall–Kier alpha value is -3.40. The highest BCUT2D eigenvalue weighted by atomic mass is 35.5. The predicted octanol–water partition coefficient (Wildman–Crippen LogP) is 4.01. The van der Waals surface area contributed by atoms with Crippen LogP contribution in [0.3, 0.4) is 0 Å². The first-order chi connectivity index (χ1) is 16.2. The number of hydroxylamine groups is 2. The lowest BCUT2D eigenvalue weighted by atomic mass is 9.78. The zero-order valence-electron chi connectivity index (χ0n) is 18.4. The molecular weight excluding hydrogens is 462 g/mol. The van der Waals surface area contributed by atoms with Gasteiger partial charge >= 0.3 is 12.0 Å². The third-order valence-electron chi connectivity index (χ3n) is 6.13. The monoisotopic (exact) mass is 485 g/mol. The first-order valence-electron chi connectivity index (χ1n) is 10.7. The molecule has 10 heteroatoms. The van der Waals surface area contributed by atoms with Crippen LogP contribution in [-0.4, -0.2) is 62.5 Å². The average Bonchev–Trinajstić information content (AvgIpc) is 3.30. The van der Waals surface area contributed by atoms with Gasteiger partial charge in [-0.3, -0.25) is 10.0 Å². The van der Waals surface area contributed by atoms with Crippen molar-refractivity contribution >= 4 is 23.6 Å². The molecule has 1 aromatic heterocycles. The third-order valence-corrected chi connectivity index (χ3v) is 6.38. The van der Waals surface area contributed by atoms with Crippen LogP contribution >= 0.6 is 11.6 Å². The van der Waals surface area contributed by atoms with E-state index in [2.05, 4.69) is 4.98 Å². The molecule has 34 heavy (non-hydrogen) atoms. The lowest BCUT2D eigenvalue weighted by molar-refractivity contribution is -0.147. The third kappa shape index (κ3) is 4.37. The minimum atomic E-state index is -1.44. The van der Waals surface area contributed by atoms with E-state index in [1.807, 2.05) is 0 Å². The van der Waals surface area contributed by atoms with Crippen LogP contribution in [0.1, 0.15) is 24.3 Å². The Morgan fingerprint density at radius 2 is 1.68 bits per heavy atom. The van der Waals surface area contributed by atoms with Gasteiger partial charge in [0.2, 0.25) is 5.89 Å². The second kappa shape index (κ2) is 9.46. The number of benzene rings is 2. The summed E-state index contributed by atoms with van der Waals surface area (Å²) in [6.07, 6.45) is 0.150. The number of amides is 2. The van der Waals surface area contributed by atoms with Gasteiger partial charge in [-0.05, 0) is 30.5 Å². The Balaban J connectivity index is 1.78. The molecule has 4 rings (SSSR count). The Morgan fingerprint density at radius 3 is 2.21 bits per heavy atom. The number of hydrogen-bond donors (Lipinski definition) is 3. The molecule has 178 valence electrons. The summed E-state index contributed by atoms with van der Waals surface area (Å²) in [7, 11) is 1.22. The molecule has 2 heterocycles. The van der Waals surface area contributed by atoms with Gasteiger partial charge in [0.05, 0.1) is 6.61 Å². The number of aliphatic carboxylic acids is 1. The minimum absolute atomic E-state index is 0.0515. The number of carboxylic acid groups (broad SMARTS) is 1. The smallest absolute Gasteiger partial charge is 0.343 e. The SMILES string of the molecule is CN(O)C(=O)N1CCC(C(=O)O)(c2nc(-c3ccc(Cl)cc3)c(-c3ccc(CO)cc3)o2)CC1. The highest BCUT2D eigenvalue weighted by Crippen LogP contribution is 2.41. The summed E-state index contributed by atoms with van der Waals surface area (Å²) in [4.78, 5) is 30.6. The number of oxazole rings is 1. The number of carbonyl (C=O) groups is 2. The molecule has 0 bridgehead atoms. The zero-order valence-corrected chi connectivity index (χ0v) is 19.2. The van der Waals surface area contributed by atoms with Gasteiger partial charge in [0.25, 0.3) is 0 Å². The maximum absolute atomic E-state index is 12.5. The summed E-state index contributed by atoms with van der Waals surface area (Å²) in [5, 5.41) is 30.1. The molecule has 1 saturated heterocycles. The summed E-state index contributed by atoms with van der Waals surface area (Å²) >= 11 is 6.04. The highest BCUT2D eigenvalue weighted by Gasteiger charge is 2.49. The van der Waals surface area contributed by atoms with E-state index in [1.54, 1.807) is 48.5 Å². The lowest BCUT2D eigenvalue weighted by Gasteiger charge is -2.37. The van der Waals surface area contributed by atoms with Crippen LogP contribution in [0.2, 0.25) is 5.02 Å². The Bertz CT molecular complexity index is 1180. The highest BCUT2D eigenvalue weighted by molar-refractivity contribution is 6.30. The van der Waals surface area contributed by atoms with Crippen molar-refractivity contribution in [1.82, 2.24) is 14.9 Å². The summed E-state index contributed by atoms with van der Waals surface area (Å²) in [5.74, 6) is -0.644. The Labute approximate surface area is 200 Å². The van der Waals surface area contributed by atoms with Gasteiger partial charge in [-0.1, -0.05) is 48.0 Å². The van der Waals surface area contributed by atoms with Crippen molar-refractivity contribution < 1.29 is 29.4 Å². The molecule has 1 aliphatic rings. The number of aliphatic hydroxyl groups is 1. The summed E-state index contributed by atoms with van der Waals surface area (Å²) < 4.78 is 6.16. The number of aromatic nitrogens is 1. The number of urea groups is 1. The molecule has 1 aliphatic heterocycles. The van der Waals surface area contributed by atoms with Crippen molar-refractivity contribution in [2.45, 2.75) is 24.9 Å². The van der Waals surface area contributed by atoms with E-state index in [9.17, 15) is 25.0 Å². The van der Waals surface area contributed by atoms with Crippen molar-refractivity contribution in [2.75, 3.05) is 20.1 Å². The maximum Gasteiger partial charge on any atom is 0.343 e. The van der Waals surface area contributed by atoms with Crippen LogP contribution in [0.5, 0.6) is 0 Å². The van der Waals surface area contributed by atoms with Crippen LogP contribution in [0.4, 0.5) is 4.79 Å². The van der Waals surface area contributed by atoms with Crippen molar-refractivity contribution in [3.05, 3.63) is 65.0 Å². The number of aliphatic hydroxyl groups excluding tert-OH is 1. The van der Waals surface area contributed by atoms with Crippen molar-refractivity contribution in [1.29, 1.82) is 0 Å². The number of nitrogens with zero attached hydrogens (tertiary/aromatic N) is 3. The van der Waals surface area contributed by atoms with Gasteiger partial charge < -0.3 is 19.5 Å². The largest absolute Gasteiger partial charge is 0.480 e. The molecule has 3 aromatic rings. The van der Waals surface area contributed by atoms with Gasteiger partial charge in [0.15, 0.2) is 5.76 Å². The molecule has 0 atom stereocenters. The molecule has 0 spiro atoms. The van der Waals surface area contributed by atoms with Gasteiger partial charge in [-0.2, -0.15) is 0 Å². The number of likely N-dealkylation sites (tertiary alicyclic amines) is 1. The number of halogens is 1. The van der Waals surface area contributed by atoms with Crippen LogP contribution in [0.25, 0.3) is 22.6 Å². The molecule has 9 nitrogen and oxygen atoms in total. The van der Waals surface area contributed by atoms with Crippen LogP contribution in [0, 0.1) is 0 Å².